The number of nitrogens with one attached hydrogen (secondary N) is 1. The summed E-state index contributed by atoms with van der Waals surface area (Å²) in [5.74, 6) is -2.17. The van der Waals surface area contributed by atoms with Gasteiger partial charge in [0.05, 0.1) is 12.1 Å². The van der Waals surface area contributed by atoms with Crippen molar-refractivity contribution in [2.45, 2.75) is 44.9 Å². The molecule has 0 saturated heterocycles. The quantitative estimate of drug-likeness (QED) is 0.829. The van der Waals surface area contributed by atoms with Crippen LogP contribution in [0.25, 0.3) is 0 Å². The van der Waals surface area contributed by atoms with Gasteiger partial charge in [-0.2, -0.15) is 0 Å². The van der Waals surface area contributed by atoms with Crippen molar-refractivity contribution in [1.29, 1.82) is 0 Å². The Morgan fingerprint density at radius 2 is 1.92 bits per heavy atom. The van der Waals surface area contributed by atoms with E-state index in [2.05, 4.69) is 5.32 Å². The third kappa shape index (κ3) is 4.08. The van der Waals surface area contributed by atoms with Crippen molar-refractivity contribution in [3.63, 3.8) is 0 Å². The number of amides is 2. The van der Waals surface area contributed by atoms with Crippen LogP contribution in [-0.2, 0) is 9.59 Å². The SMILES string of the molecule is CC(O)C(NC(=O)C1CC1)C(=O)N(C)C(C)c1cc(F)ccc1F. The smallest absolute Gasteiger partial charge is 0.248 e. The number of benzene rings is 1. The van der Waals surface area contributed by atoms with Gasteiger partial charge in [-0.25, -0.2) is 8.78 Å². The molecule has 3 atom stereocenters. The lowest BCUT2D eigenvalue weighted by Crippen LogP contribution is -2.53. The summed E-state index contributed by atoms with van der Waals surface area (Å²) in [7, 11) is 1.43. The molecular weight excluding hydrogens is 318 g/mol. The molecule has 1 aromatic carbocycles. The standard InChI is InChI=1S/C17H22F2N2O3/c1-9(13-8-12(18)6-7-14(13)19)21(3)17(24)15(10(2)22)20-16(23)11-4-5-11/h6-11,15,22H,4-5H2,1-3H3,(H,20,23). The molecule has 2 N–H and O–H groups in total. The molecule has 7 heteroatoms. The highest BCUT2D eigenvalue weighted by Gasteiger charge is 2.36. The van der Waals surface area contributed by atoms with E-state index in [1.165, 1.54) is 18.9 Å². The Hall–Kier alpha value is -2.02. The first kappa shape index (κ1) is 18.3. The minimum atomic E-state index is -1.12. The zero-order valence-corrected chi connectivity index (χ0v) is 13.9. The first-order valence-electron chi connectivity index (χ1n) is 7.92. The van der Waals surface area contributed by atoms with Crippen LogP contribution in [0.15, 0.2) is 18.2 Å². The third-order valence-electron chi connectivity index (χ3n) is 4.33. The second-order valence-electron chi connectivity index (χ2n) is 6.29. The fourth-order valence-corrected chi connectivity index (χ4v) is 2.46. The minimum absolute atomic E-state index is 0.0312. The predicted octanol–water partition coefficient (Wildman–Crippen LogP) is 1.76. The van der Waals surface area contributed by atoms with Gasteiger partial charge in [0, 0.05) is 18.5 Å². The van der Waals surface area contributed by atoms with Gasteiger partial charge in [0.1, 0.15) is 17.7 Å². The molecule has 0 aromatic heterocycles. The van der Waals surface area contributed by atoms with Crippen LogP contribution in [0.2, 0.25) is 0 Å². The van der Waals surface area contributed by atoms with E-state index in [1.807, 2.05) is 0 Å². The molecule has 0 aliphatic heterocycles. The highest BCUT2D eigenvalue weighted by Crippen LogP contribution is 2.29. The molecule has 3 unspecified atom stereocenters. The Morgan fingerprint density at radius 3 is 2.46 bits per heavy atom. The maximum atomic E-state index is 13.9. The summed E-state index contributed by atoms with van der Waals surface area (Å²) in [6, 6.07) is 1.15. The summed E-state index contributed by atoms with van der Waals surface area (Å²) < 4.78 is 27.3. The Balaban J connectivity index is 2.15. The lowest BCUT2D eigenvalue weighted by Gasteiger charge is -2.31. The number of carbonyl (C=O) groups excluding carboxylic acids is 2. The zero-order valence-electron chi connectivity index (χ0n) is 13.9. The van der Waals surface area contributed by atoms with E-state index in [0.717, 1.165) is 31.0 Å². The van der Waals surface area contributed by atoms with Crippen LogP contribution >= 0.6 is 0 Å². The molecule has 1 aromatic rings. The van der Waals surface area contributed by atoms with Gasteiger partial charge in [-0.1, -0.05) is 0 Å². The Kier molecular flexibility index (Phi) is 5.54. The van der Waals surface area contributed by atoms with E-state index in [9.17, 15) is 23.5 Å². The van der Waals surface area contributed by atoms with Crippen molar-refractivity contribution >= 4 is 11.8 Å². The molecule has 1 saturated carbocycles. The molecule has 2 amide bonds. The predicted molar refractivity (Wildman–Crippen MR) is 83.9 cm³/mol. The van der Waals surface area contributed by atoms with E-state index in [1.54, 1.807) is 6.92 Å². The van der Waals surface area contributed by atoms with Gasteiger partial charge in [0.2, 0.25) is 11.8 Å². The molecule has 0 spiro atoms. The summed E-state index contributed by atoms with van der Waals surface area (Å²) in [5, 5.41) is 12.4. The van der Waals surface area contributed by atoms with Crippen LogP contribution < -0.4 is 5.32 Å². The molecule has 1 fully saturated rings. The lowest BCUT2D eigenvalue weighted by molar-refractivity contribution is -0.140. The summed E-state index contributed by atoms with van der Waals surface area (Å²) in [5.41, 5.74) is 0.0312. The zero-order chi connectivity index (χ0) is 18.0. The molecular formula is C17H22F2N2O3. The first-order chi connectivity index (χ1) is 11.2. The van der Waals surface area contributed by atoms with Crippen molar-refractivity contribution < 1.29 is 23.5 Å². The van der Waals surface area contributed by atoms with Crippen molar-refractivity contribution in [3.8, 4) is 0 Å². The summed E-state index contributed by atoms with van der Waals surface area (Å²) in [6.45, 7) is 2.95. The number of halogens is 2. The summed E-state index contributed by atoms with van der Waals surface area (Å²) >= 11 is 0. The highest BCUT2D eigenvalue weighted by molar-refractivity contribution is 5.89. The Morgan fingerprint density at radius 1 is 1.29 bits per heavy atom. The second kappa shape index (κ2) is 7.25. The number of hydrogen-bond acceptors (Lipinski definition) is 3. The van der Waals surface area contributed by atoms with Crippen LogP contribution in [0.5, 0.6) is 0 Å². The summed E-state index contributed by atoms with van der Waals surface area (Å²) in [4.78, 5) is 25.7. The summed E-state index contributed by atoms with van der Waals surface area (Å²) in [6.07, 6.45) is 0.438. The molecule has 0 bridgehead atoms. The molecule has 1 aliphatic carbocycles. The molecule has 5 nitrogen and oxygen atoms in total. The molecule has 132 valence electrons. The van der Waals surface area contributed by atoms with Crippen molar-refractivity contribution in [2.75, 3.05) is 7.05 Å². The van der Waals surface area contributed by atoms with Crippen LogP contribution in [0, 0.1) is 17.6 Å². The molecule has 24 heavy (non-hydrogen) atoms. The van der Waals surface area contributed by atoms with Gasteiger partial charge in [0.25, 0.3) is 0 Å². The maximum Gasteiger partial charge on any atom is 0.248 e. The highest BCUT2D eigenvalue weighted by atomic mass is 19.1. The topological polar surface area (TPSA) is 69.6 Å². The van der Waals surface area contributed by atoms with Gasteiger partial charge in [-0.05, 0) is 44.9 Å². The second-order valence-corrected chi connectivity index (χ2v) is 6.29. The Labute approximate surface area is 139 Å². The van der Waals surface area contributed by atoms with Crippen molar-refractivity contribution in [2.24, 2.45) is 5.92 Å². The average Bonchev–Trinajstić information content (AvgIpc) is 3.37. The number of nitrogens with zero attached hydrogens (tertiary/aromatic N) is 1. The monoisotopic (exact) mass is 340 g/mol. The molecule has 1 aliphatic rings. The normalized spacial score (nSPS) is 17.8. The van der Waals surface area contributed by atoms with E-state index in [4.69, 9.17) is 0 Å². The molecule has 2 rings (SSSR count). The number of hydrogen-bond donors (Lipinski definition) is 2. The van der Waals surface area contributed by atoms with E-state index in [-0.39, 0.29) is 17.4 Å². The largest absolute Gasteiger partial charge is 0.391 e. The van der Waals surface area contributed by atoms with Crippen LogP contribution in [0.4, 0.5) is 8.78 Å². The number of aliphatic hydroxyl groups excluding tert-OH is 1. The van der Waals surface area contributed by atoms with Gasteiger partial charge in [-0.15, -0.1) is 0 Å². The number of aliphatic hydroxyl groups is 1. The molecule has 0 radical (unpaired) electrons. The maximum absolute atomic E-state index is 13.9. The van der Waals surface area contributed by atoms with Gasteiger partial charge >= 0.3 is 0 Å². The fraction of sp³-hybridized carbons (Fsp3) is 0.529. The number of likely N-dealkylation sites (N-methyl/N-ethyl adjacent to an activating group) is 1. The van der Waals surface area contributed by atoms with Crippen LogP contribution in [-0.4, -0.2) is 41.0 Å². The lowest BCUT2D eigenvalue weighted by atomic mass is 10.0. The fourth-order valence-electron chi connectivity index (χ4n) is 2.46. The van der Waals surface area contributed by atoms with E-state index < -0.39 is 35.7 Å². The number of carbonyl (C=O) groups is 2. The van der Waals surface area contributed by atoms with E-state index >= 15 is 0 Å². The average molecular weight is 340 g/mol. The van der Waals surface area contributed by atoms with Gasteiger partial charge in [0.15, 0.2) is 0 Å². The van der Waals surface area contributed by atoms with Crippen molar-refractivity contribution in [1.82, 2.24) is 10.2 Å². The van der Waals surface area contributed by atoms with Crippen LogP contribution in [0.3, 0.4) is 0 Å². The Bertz CT molecular complexity index is 632. The van der Waals surface area contributed by atoms with Crippen LogP contribution in [0.1, 0.15) is 38.3 Å². The van der Waals surface area contributed by atoms with E-state index in [0.29, 0.717) is 0 Å². The first-order valence-corrected chi connectivity index (χ1v) is 7.92. The number of rotatable bonds is 6. The molecule has 0 heterocycles. The van der Waals surface area contributed by atoms with Gasteiger partial charge in [-0.3, -0.25) is 9.59 Å². The minimum Gasteiger partial charge on any atom is -0.391 e. The van der Waals surface area contributed by atoms with Crippen molar-refractivity contribution in [3.05, 3.63) is 35.4 Å². The third-order valence-corrected chi connectivity index (χ3v) is 4.33. The van der Waals surface area contributed by atoms with Gasteiger partial charge < -0.3 is 15.3 Å².